The quantitative estimate of drug-likeness (QED) is 0.407. The Morgan fingerprint density at radius 3 is 2.12 bits per heavy atom. The van der Waals surface area contributed by atoms with Crippen molar-refractivity contribution >= 4 is 11.7 Å². The summed E-state index contributed by atoms with van der Waals surface area (Å²) in [7, 11) is 0. The number of unbranched alkanes of at least 4 members (excludes halogenated alkanes) is 3. The summed E-state index contributed by atoms with van der Waals surface area (Å²) in [6.07, 6.45) is 6.45. The zero-order valence-electron chi connectivity index (χ0n) is 15.5. The summed E-state index contributed by atoms with van der Waals surface area (Å²) in [5.41, 5.74) is 1.24. The standard InChI is InChI=1S/C19H31NO3.Zn/c1-4-7-12-20(13-8-5-2)16-10-11-18(23-14-9-6-3)17(15-16)19(21)22;/h10-11,15H,4-9,12-14H2,1-3H3,(H,21,22);. The first kappa shape index (κ1) is 22.9. The molecule has 0 bridgehead atoms. The van der Waals surface area contributed by atoms with Crippen molar-refractivity contribution in [1.82, 2.24) is 0 Å². The summed E-state index contributed by atoms with van der Waals surface area (Å²) in [6.45, 7) is 8.92. The fourth-order valence-electron chi connectivity index (χ4n) is 2.40. The number of nitrogens with zero attached hydrogens (tertiary/aromatic N) is 1. The Labute approximate surface area is 159 Å². The normalized spacial score (nSPS) is 10.1. The van der Waals surface area contributed by atoms with E-state index in [2.05, 4.69) is 25.7 Å². The third-order valence-electron chi connectivity index (χ3n) is 3.88. The van der Waals surface area contributed by atoms with Crippen LogP contribution in [0.15, 0.2) is 18.2 Å². The Morgan fingerprint density at radius 2 is 1.62 bits per heavy atom. The Bertz CT molecular complexity index is 472. The molecule has 0 spiro atoms. The van der Waals surface area contributed by atoms with E-state index in [0.717, 1.165) is 57.3 Å². The maximum Gasteiger partial charge on any atom is 0.339 e. The topological polar surface area (TPSA) is 49.8 Å². The fraction of sp³-hybridized carbons (Fsp3) is 0.632. The summed E-state index contributed by atoms with van der Waals surface area (Å²) in [5, 5.41) is 9.48. The maximum atomic E-state index is 11.6. The number of aromatic carboxylic acids is 1. The van der Waals surface area contributed by atoms with E-state index >= 15 is 0 Å². The average molecular weight is 387 g/mol. The van der Waals surface area contributed by atoms with Crippen LogP contribution in [0.25, 0.3) is 0 Å². The molecule has 0 unspecified atom stereocenters. The van der Waals surface area contributed by atoms with Crippen LogP contribution < -0.4 is 9.64 Å². The average Bonchev–Trinajstić information content (AvgIpc) is 2.55. The molecule has 132 valence electrons. The van der Waals surface area contributed by atoms with Crippen LogP contribution in [0, 0.1) is 0 Å². The van der Waals surface area contributed by atoms with E-state index in [1.165, 1.54) is 0 Å². The zero-order valence-corrected chi connectivity index (χ0v) is 18.5. The van der Waals surface area contributed by atoms with Gasteiger partial charge in [-0.2, -0.15) is 0 Å². The van der Waals surface area contributed by atoms with Crippen molar-refractivity contribution in [2.75, 3.05) is 24.6 Å². The molecule has 0 radical (unpaired) electrons. The predicted molar refractivity (Wildman–Crippen MR) is 95.8 cm³/mol. The molecule has 0 aliphatic heterocycles. The molecular weight excluding hydrogens is 356 g/mol. The number of anilines is 1. The number of carboxylic acids is 1. The van der Waals surface area contributed by atoms with Gasteiger partial charge in [0, 0.05) is 38.3 Å². The second kappa shape index (κ2) is 13.2. The van der Waals surface area contributed by atoms with E-state index in [4.69, 9.17) is 4.74 Å². The van der Waals surface area contributed by atoms with Crippen molar-refractivity contribution in [2.24, 2.45) is 0 Å². The molecule has 1 rings (SSSR count). The molecule has 5 heteroatoms. The van der Waals surface area contributed by atoms with Gasteiger partial charge in [0.05, 0.1) is 6.61 Å². The van der Waals surface area contributed by atoms with Crippen molar-refractivity contribution in [1.29, 1.82) is 0 Å². The molecule has 0 aromatic heterocycles. The summed E-state index contributed by atoms with van der Waals surface area (Å²) in [6, 6.07) is 5.55. The number of ether oxygens (including phenoxy) is 1. The monoisotopic (exact) mass is 385 g/mol. The first-order valence-electron chi connectivity index (χ1n) is 8.89. The van der Waals surface area contributed by atoms with E-state index in [-0.39, 0.29) is 25.0 Å². The molecule has 0 atom stereocenters. The van der Waals surface area contributed by atoms with Gasteiger partial charge in [0.1, 0.15) is 11.3 Å². The third-order valence-corrected chi connectivity index (χ3v) is 3.88. The van der Waals surface area contributed by atoms with Crippen molar-refractivity contribution < 1.29 is 34.1 Å². The van der Waals surface area contributed by atoms with E-state index in [0.29, 0.717) is 12.4 Å². The minimum absolute atomic E-state index is 0. The van der Waals surface area contributed by atoms with Gasteiger partial charge < -0.3 is 14.7 Å². The van der Waals surface area contributed by atoms with E-state index in [1.54, 1.807) is 12.1 Å². The van der Waals surface area contributed by atoms with Gasteiger partial charge in [0.2, 0.25) is 0 Å². The predicted octanol–water partition coefficient (Wildman–Crippen LogP) is 4.97. The van der Waals surface area contributed by atoms with Crippen molar-refractivity contribution in [3.8, 4) is 5.75 Å². The number of hydrogen-bond acceptors (Lipinski definition) is 3. The van der Waals surface area contributed by atoms with Crippen LogP contribution in [0.3, 0.4) is 0 Å². The Kier molecular flexibility index (Phi) is 12.6. The second-order valence-corrected chi connectivity index (χ2v) is 5.88. The molecular formula is C19H31NO3Zn. The van der Waals surface area contributed by atoms with Gasteiger partial charge in [0.15, 0.2) is 0 Å². The van der Waals surface area contributed by atoms with Gasteiger partial charge >= 0.3 is 5.97 Å². The SMILES string of the molecule is CCCCOc1ccc(N(CCCC)CCCC)cc1C(=O)O.[Zn]. The number of carbonyl (C=O) groups is 1. The van der Waals surface area contributed by atoms with Crippen molar-refractivity contribution in [2.45, 2.75) is 59.3 Å². The Morgan fingerprint density at radius 1 is 1.04 bits per heavy atom. The number of carboxylic acid groups (broad SMARTS) is 1. The van der Waals surface area contributed by atoms with Gasteiger partial charge in [-0.05, 0) is 37.5 Å². The van der Waals surface area contributed by atoms with Crippen molar-refractivity contribution in [3.05, 3.63) is 23.8 Å². The minimum Gasteiger partial charge on any atom is -0.493 e. The van der Waals surface area contributed by atoms with Gasteiger partial charge in [-0.25, -0.2) is 4.79 Å². The number of benzene rings is 1. The molecule has 4 nitrogen and oxygen atoms in total. The van der Waals surface area contributed by atoms with Gasteiger partial charge in [-0.3, -0.25) is 0 Å². The molecule has 0 amide bonds. The molecule has 0 saturated carbocycles. The summed E-state index contributed by atoms with van der Waals surface area (Å²) < 4.78 is 5.64. The van der Waals surface area contributed by atoms with Gasteiger partial charge in [-0.15, -0.1) is 0 Å². The molecule has 0 aliphatic rings. The summed E-state index contributed by atoms with van der Waals surface area (Å²) >= 11 is 0. The van der Waals surface area contributed by atoms with Crippen LogP contribution >= 0.6 is 0 Å². The van der Waals surface area contributed by atoms with Gasteiger partial charge in [0.25, 0.3) is 0 Å². The number of hydrogen-bond donors (Lipinski definition) is 1. The fourth-order valence-corrected chi connectivity index (χ4v) is 2.40. The van der Waals surface area contributed by atoms with Crippen molar-refractivity contribution in [3.63, 3.8) is 0 Å². The third kappa shape index (κ3) is 7.66. The number of rotatable bonds is 12. The smallest absolute Gasteiger partial charge is 0.339 e. The summed E-state index contributed by atoms with van der Waals surface area (Å²) in [4.78, 5) is 13.8. The van der Waals surface area contributed by atoms with Crippen LogP contribution in [0.5, 0.6) is 5.75 Å². The largest absolute Gasteiger partial charge is 0.493 e. The molecule has 1 N–H and O–H groups in total. The van der Waals surface area contributed by atoms with Crippen LogP contribution in [0.2, 0.25) is 0 Å². The minimum atomic E-state index is -0.927. The molecule has 0 fully saturated rings. The second-order valence-electron chi connectivity index (χ2n) is 5.88. The molecule has 1 aromatic rings. The van der Waals surface area contributed by atoms with E-state index in [1.807, 2.05) is 6.07 Å². The maximum absolute atomic E-state index is 11.6. The van der Waals surface area contributed by atoms with Crippen LogP contribution in [0.1, 0.15) is 69.7 Å². The van der Waals surface area contributed by atoms with E-state index in [9.17, 15) is 9.90 Å². The Hall–Kier alpha value is -1.09. The van der Waals surface area contributed by atoms with E-state index < -0.39 is 5.97 Å². The summed E-state index contributed by atoms with van der Waals surface area (Å²) in [5.74, 6) is -0.454. The molecule has 24 heavy (non-hydrogen) atoms. The molecule has 1 aromatic carbocycles. The van der Waals surface area contributed by atoms with Crippen LogP contribution in [-0.2, 0) is 19.5 Å². The van der Waals surface area contributed by atoms with Crippen LogP contribution in [-0.4, -0.2) is 30.8 Å². The first-order chi connectivity index (χ1) is 11.1. The molecule has 0 aliphatic carbocycles. The van der Waals surface area contributed by atoms with Gasteiger partial charge in [-0.1, -0.05) is 40.0 Å². The Balaban J connectivity index is 0.00000529. The first-order valence-corrected chi connectivity index (χ1v) is 8.89. The molecule has 0 saturated heterocycles. The zero-order chi connectivity index (χ0) is 17.1. The molecule has 0 heterocycles. The van der Waals surface area contributed by atoms with Crippen LogP contribution in [0.4, 0.5) is 5.69 Å².